The monoisotopic (exact) mass is 386 g/mol. The molecule has 0 saturated carbocycles. The van der Waals surface area contributed by atoms with Crippen LogP contribution in [0.3, 0.4) is 0 Å². The van der Waals surface area contributed by atoms with Gasteiger partial charge >= 0.3 is 0 Å². The lowest BCUT2D eigenvalue weighted by Gasteiger charge is -2.36. The minimum Gasteiger partial charge on any atom is -0.368 e. The molecule has 2 aromatic rings. The van der Waals surface area contributed by atoms with Crippen LogP contribution in [0.4, 0.5) is 10.7 Å². The number of pyridine rings is 1. The van der Waals surface area contributed by atoms with Crippen LogP contribution in [0.15, 0.2) is 30.6 Å². The van der Waals surface area contributed by atoms with Crippen LogP contribution in [-0.2, 0) is 4.79 Å². The van der Waals surface area contributed by atoms with Crippen LogP contribution in [0.25, 0.3) is 0 Å². The summed E-state index contributed by atoms with van der Waals surface area (Å²) in [7, 11) is 0. The van der Waals surface area contributed by atoms with Gasteiger partial charge in [0.1, 0.15) is 0 Å². The third-order valence-corrected chi connectivity index (χ3v) is 5.77. The first-order chi connectivity index (χ1) is 12.8. The van der Waals surface area contributed by atoms with Crippen molar-refractivity contribution in [3.63, 3.8) is 0 Å². The molecular weight excluding hydrogens is 360 g/mol. The molecule has 1 aliphatic heterocycles. The molecule has 1 saturated heterocycles. The molecule has 3 rings (SSSR count). The number of carbonyl (C=O) groups is 2. The number of rotatable bonds is 3. The molecule has 1 N–H and O–H groups in total. The number of carbonyl (C=O) groups excluding carboxylic acids is 2. The normalized spacial score (nSPS) is 15.0. The van der Waals surface area contributed by atoms with Gasteiger partial charge in [-0.15, -0.1) is 11.3 Å². The molecule has 0 bridgehead atoms. The Balaban J connectivity index is 1.64. The number of hydrogen-bond donors (Lipinski definition) is 1. The first kappa shape index (κ1) is 19.4. The van der Waals surface area contributed by atoms with E-state index in [2.05, 4.69) is 15.2 Å². The molecule has 2 aromatic heterocycles. The Kier molecular flexibility index (Phi) is 5.51. The van der Waals surface area contributed by atoms with Crippen molar-refractivity contribution < 1.29 is 9.59 Å². The van der Waals surface area contributed by atoms with Crippen molar-refractivity contribution in [1.29, 1.82) is 0 Å². The summed E-state index contributed by atoms with van der Waals surface area (Å²) >= 11 is 1.36. The molecule has 1 fully saturated rings. The average Bonchev–Trinajstić information content (AvgIpc) is 3.01. The molecule has 144 valence electrons. The summed E-state index contributed by atoms with van der Waals surface area (Å²) in [5, 5.41) is 3.65. The SMILES string of the molecule is Cc1cc(NC(=O)C(C)(C)C)sc1C(=O)N1CCN(c2ccncc2)CC1. The number of piperazine rings is 1. The van der Waals surface area contributed by atoms with Gasteiger partial charge in [0.15, 0.2) is 0 Å². The van der Waals surface area contributed by atoms with Crippen LogP contribution >= 0.6 is 11.3 Å². The second-order valence-electron chi connectivity index (χ2n) is 7.81. The van der Waals surface area contributed by atoms with Crippen molar-refractivity contribution >= 4 is 33.8 Å². The van der Waals surface area contributed by atoms with Gasteiger partial charge in [-0.25, -0.2) is 0 Å². The smallest absolute Gasteiger partial charge is 0.264 e. The number of anilines is 2. The summed E-state index contributed by atoms with van der Waals surface area (Å²) in [5.74, 6) is -0.00292. The standard InChI is InChI=1S/C20H26N4O2S/c1-14-13-16(22-19(26)20(2,3)4)27-17(14)18(25)24-11-9-23(10-12-24)15-5-7-21-8-6-15/h5-8,13H,9-12H2,1-4H3,(H,22,26). The van der Waals surface area contributed by atoms with Crippen LogP contribution in [0, 0.1) is 12.3 Å². The highest BCUT2D eigenvalue weighted by atomic mass is 32.1. The lowest BCUT2D eigenvalue weighted by atomic mass is 9.96. The van der Waals surface area contributed by atoms with E-state index in [1.807, 2.05) is 50.8 Å². The highest BCUT2D eigenvalue weighted by molar-refractivity contribution is 7.18. The van der Waals surface area contributed by atoms with Crippen LogP contribution in [0.1, 0.15) is 36.0 Å². The second-order valence-corrected chi connectivity index (χ2v) is 8.86. The summed E-state index contributed by atoms with van der Waals surface area (Å²) in [6, 6.07) is 5.87. The Morgan fingerprint density at radius 2 is 1.74 bits per heavy atom. The zero-order valence-corrected chi connectivity index (χ0v) is 17.1. The zero-order valence-electron chi connectivity index (χ0n) is 16.3. The molecule has 1 aliphatic rings. The molecule has 3 heterocycles. The number of nitrogens with zero attached hydrogens (tertiary/aromatic N) is 3. The maximum atomic E-state index is 13.0. The molecule has 6 nitrogen and oxygen atoms in total. The van der Waals surface area contributed by atoms with Gasteiger partial charge in [0, 0.05) is 49.7 Å². The Morgan fingerprint density at radius 3 is 2.33 bits per heavy atom. The van der Waals surface area contributed by atoms with E-state index in [4.69, 9.17) is 0 Å². The quantitative estimate of drug-likeness (QED) is 0.878. The molecular formula is C20H26N4O2S. The lowest BCUT2D eigenvalue weighted by Crippen LogP contribution is -2.48. The Labute approximate surface area is 164 Å². The van der Waals surface area contributed by atoms with Gasteiger partial charge in [-0.1, -0.05) is 20.8 Å². The Hall–Kier alpha value is -2.41. The molecule has 0 unspecified atom stereocenters. The predicted molar refractivity (Wildman–Crippen MR) is 109 cm³/mol. The van der Waals surface area contributed by atoms with Crippen molar-refractivity contribution in [3.05, 3.63) is 41.0 Å². The second kappa shape index (κ2) is 7.68. The Morgan fingerprint density at radius 1 is 1.11 bits per heavy atom. The third-order valence-electron chi connectivity index (χ3n) is 4.62. The molecule has 0 radical (unpaired) electrons. The van der Waals surface area contributed by atoms with E-state index in [0.29, 0.717) is 18.0 Å². The summed E-state index contributed by atoms with van der Waals surface area (Å²) in [6.07, 6.45) is 3.57. The van der Waals surface area contributed by atoms with Gasteiger partial charge in [0.2, 0.25) is 5.91 Å². The predicted octanol–water partition coefficient (Wildman–Crippen LogP) is 3.40. The zero-order chi connectivity index (χ0) is 19.6. The third kappa shape index (κ3) is 4.47. The fourth-order valence-electron chi connectivity index (χ4n) is 2.92. The van der Waals surface area contributed by atoms with Crippen LogP contribution < -0.4 is 10.2 Å². The topological polar surface area (TPSA) is 65.5 Å². The van der Waals surface area contributed by atoms with Gasteiger partial charge in [-0.05, 0) is 30.7 Å². The van der Waals surface area contributed by atoms with E-state index >= 15 is 0 Å². The molecule has 0 atom stereocenters. The first-order valence-electron chi connectivity index (χ1n) is 9.12. The van der Waals surface area contributed by atoms with Crippen molar-refractivity contribution in [1.82, 2.24) is 9.88 Å². The van der Waals surface area contributed by atoms with Gasteiger partial charge in [0.05, 0.1) is 9.88 Å². The molecule has 27 heavy (non-hydrogen) atoms. The van der Waals surface area contributed by atoms with Gasteiger partial charge < -0.3 is 15.1 Å². The van der Waals surface area contributed by atoms with Gasteiger partial charge in [-0.3, -0.25) is 14.6 Å². The van der Waals surface area contributed by atoms with Crippen molar-refractivity contribution in [2.24, 2.45) is 5.41 Å². The largest absolute Gasteiger partial charge is 0.368 e. The molecule has 0 spiro atoms. The number of nitrogens with one attached hydrogen (secondary N) is 1. The van der Waals surface area contributed by atoms with Crippen molar-refractivity contribution in [3.8, 4) is 0 Å². The summed E-state index contributed by atoms with van der Waals surface area (Å²) in [4.78, 5) is 34.1. The number of aromatic nitrogens is 1. The number of hydrogen-bond acceptors (Lipinski definition) is 5. The fraction of sp³-hybridized carbons (Fsp3) is 0.450. The van der Waals surface area contributed by atoms with Crippen molar-refractivity contribution in [2.75, 3.05) is 36.4 Å². The van der Waals surface area contributed by atoms with E-state index in [1.54, 1.807) is 12.4 Å². The molecule has 0 aliphatic carbocycles. The van der Waals surface area contributed by atoms with E-state index in [1.165, 1.54) is 11.3 Å². The van der Waals surface area contributed by atoms with E-state index in [0.717, 1.165) is 29.3 Å². The Bertz CT molecular complexity index is 818. The number of thiophene rings is 1. The van der Waals surface area contributed by atoms with Gasteiger partial charge in [0.25, 0.3) is 5.91 Å². The van der Waals surface area contributed by atoms with Crippen LogP contribution in [0.2, 0.25) is 0 Å². The van der Waals surface area contributed by atoms with Crippen molar-refractivity contribution in [2.45, 2.75) is 27.7 Å². The highest BCUT2D eigenvalue weighted by Crippen LogP contribution is 2.30. The summed E-state index contributed by atoms with van der Waals surface area (Å²) in [6.45, 7) is 10.5. The maximum absolute atomic E-state index is 13.0. The van der Waals surface area contributed by atoms with E-state index in [9.17, 15) is 9.59 Å². The van der Waals surface area contributed by atoms with Gasteiger partial charge in [-0.2, -0.15) is 0 Å². The number of aryl methyl sites for hydroxylation is 1. The summed E-state index contributed by atoms with van der Waals surface area (Å²) < 4.78 is 0. The lowest BCUT2D eigenvalue weighted by molar-refractivity contribution is -0.123. The summed E-state index contributed by atoms with van der Waals surface area (Å²) in [5.41, 5.74) is 1.58. The first-order valence-corrected chi connectivity index (χ1v) is 9.93. The molecule has 2 amide bonds. The van der Waals surface area contributed by atoms with Crippen LogP contribution in [-0.4, -0.2) is 47.9 Å². The minimum absolute atomic E-state index is 0.0446. The highest BCUT2D eigenvalue weighted by Gasteiger charge is 2.26. The average molecular weight is 387 g/mol. The molecule has 0 aromatic carbocycles. The van der Waals surface area contributed by atoms with Crippen LogP contribution in [0.5, 0.6) is 0 Å². The van der Waals surface area contributed by atoms with E-state index < -0.39 is 5.41 Å². The van der Waals surface area contributed by atoms with E-state index in [-0.39, 0.29) is 11.8 Å². The molecule has 7 heteroatoms. The fourth-order valence-corrected chi connectivity index (χ4v) is 3.96. The minimum atomic E-state index is -0.467. The number of amides is 2. The maximum Gasteiger partial charge on any atom is 0.264 e.